The van der Waals surface area contributed by atoms with Crippen molar-refractivity contribution in [2.24, 2.45) is 0 Å². The Morgan fingerprint density at radius 1 is 1.12 bits per heavy atom. The van der Waals surface area contributed by atoms with Crippen LogP contribution in [0.25, 0.3) is 0 Å². The second-order valence-corrected chi connectivity index (χ2v) is 6.13. The summed E-state index contributed by atoms with van der Waals surface area (Å²) in [5.41, 5.74) is 0.0250. The Morgan fingerprint density at radius 3 is 2.44 bits per heavy atom. The number of carbonyl (C=O) groups excluding carboxylic acids is 2. The minimum Gasteiger partial charge on any atom is -0.463 e. The summed E-state index contributed by atoms with van der Waals surface area (Å²) in [5, 5.41) is 0. The van der Waals surface area contributed by atoms with Crippen LogP contribution in [0.5, 0.6) is 0 Å². The average Bonchev–Trinajstić information content (AvgIpc) is 3.30. The SMILES string of the molecule is COC(=O)c1ccc(COC(=O)C2(c3ccc(F)cc3)CCCC2)o1. The molecule has 1 saturated carbocycles. The van der Waals surface area contributed by atoms with Crippen molar-refractivity contribution in [3.8, 4) is 0 Å². The molecule has 0 unspecified atom stereocenters. The van der Waals surface area contributed by atoms with Crippen LogP contribution in [0, 0.1) is 5.82 Å². The van der Waals surface area contributed by atoms with Crippen molar-refractivity contribution >= 4 is 11.9 Å². The van der Waals surface area contributed by atoms with E-state index in [1.807, 2.05) is 0 Å². The Balaban J connectivity index is 1.72. The summed E-state index contributed by atoms with van der Waals surface area (Å²) >= 11 is 0. The third-order valence-electron chi connectivity index (χ3n) is 4.64. The van der Waals surface area contributed by atoms with Crippen LogP contribution in [-0.4, -0.2) is 19.0 Å². The number of hydrogen-bond acceptors (Lipinski definition) is 5. The van der Waals surface area contributed by atoms with Crippen LogP contribution >= 0.6 is 0 Å². The van der Waals surface area contributed by atoms with Crippen molar-refractivity contribution in [1.29, 1.82) is 0 Å². The molecule has 5 nitrogen and oxygen atoms in total. The van der Waals surface area contributed by atoms with E-state index in [0.29, 0.717) is 18.6 Å². The lowest BCUT2D eigenvalue weighted by molar-refractivity contribution is -0.152. The molecule has 3 rings (SSSR count). The fourth-order valence-corrected chi connectivity index (χ4v) is 3.30. The largest absolute Gasteiger partial charge is 0.463 e. The van der Waals surface area contributed by atoms with Crippen molar-refractivity contribution in [3.05, 3.63) is 59.3 Å². The maximum absolute atomic E-state index is 13.2. The minimum absolute atomic E-state index is 0.0580. The molecule has 25 heavy (non-hydrogen) atoms. The zero-order valence-electron chi connectivity index (χ0n) is 13.9. The van der Waals surface area contributed by atoms with Crippen LogP contribution < -0.4 is 0 Å². The molecular weight excluding hydrogens is 327 g/mol. The Labute approximate surface area is 144 Å². The van der Waals surface area contributed by atoms with Gasteiger partial charge in [-0.15, -0.1) is 0 Å². The maximum atomic E-state index is 13.2. The lowest BCUT2D eigenvalue weighted by Crippen LogP contribution is -2.34. The standard InChI is InChI=1S/C19H19FO5/c1-23-17(21)16-9-8-15(25-16)12-24-18(22)19(10-2-3-11-19)13-4-6-14(20)7-5-13/h4-9H,2-3,10-12H2,1H3. The van der Waals surface area contributed by atoms with Gasteiger partial charge in [0.25, 0.3) is 0 Å². The number of benzene rings is 1. The molecule has 2 aromatic rings. The van der Waals surface area contributed by atoms with Crippen molar-refractivity contribution in [3.63, 3.8) is 0 Å². The molecule has 0 amide bonds. The van der Waals surface area contributed by atoms with E-state index in [2.05, 4.69) is 4.74 Å². The van der Waals surface area contributed by atoms with Crippen molar-refractivity contribution < 1.29 is 27.9 Å². The van der Waals surface area contributed by atoms with Crippen LogP contribution in [0.4, 0.5) is 4.39 Å². The number of ether oxygens (including phenoxy) is 2. The monoisotopic (exact) mass is 346 g/mol. The topological polar surface area (TPSA) is 65.7 Å². The molecule has 0 spiro atoms. The van der Waals surface area contributed by atoms with Gasteiger partial charge in [0.1, 0.15) is 18.2 Å². The van der Waals surface area contributed by atoms with E-state index < -0.39 is 11.4 Å². The van der Waals surface area contributed by atoms with E-state index in [9.17, 15) is 14.0 Å². The summed E-state index contributed by atoms with van der Waals surface area (Å²) in [6.07, 6.45) is 3.17. The highest BCUT2D eigenvalue weighted by Gasteiger charge is 2.44. The molecule has 0 aliphatic heterocycles. The van der Waals surface area contributed by atoms with Gasteiger partial charge >= 0.3 is 11.9 Å². The zero-order chi connectivity index (χ0) is 17.9. The molecule has 1 fully saturated rings. The number of hydrogen-bond donors (Lipinski definition) is 0. The number of rotatable bonds is 5. The van der Waals surface area contributed by atoms with Gasteiger partial charge in [-0.1, -0.05) is 25.0 Å². The zero-order valence-corrected chi connectivity index (χ0v) is 13.9. The van der Waals surface area contributed by atoms with E-state index in [0.717, 1.165) is 18.4 Å². The summed E-state index contributed by atoms with van der Waals surface area (Å²) < 4.78 is 28.5. The molecule has 132 valence electrons. The number of halogens is 1. The summed E-state index contributed by atoms with van der Waals surface area (Å²) in [5.74, 6) is -0.858. The second-order valence-electron chi connectivity index (χ2n) is 6.13. The first kappa shape index (κ1) is 17.2. The normalized spacial score (nSPS) is 15.8. The lowest BCUT2D eigenvalue weighted by atomic mass is 9.79. The van der Waals surface area contributed by atoms with Gasteiger partial charge in [-0.3, -0.25) is 4.79 Å². The fourth-order valence-electron chi connectivity index (χ4n) is 3.30. The van der Waals surface area contributed by atoms with Crippen molar-refractivity contribution in [1.82, 2.24) is 0 Å². The van der Waals surface area contributed by atoms with Gasteiger partial charge in [-0.2, -0.15) is 0 Å². The summed E-state index contributed by atoms with van der Waals surface area (Å²) in [4.78, 5) is 24.2. The number of methoxy groups -OCH3 is 1. The first-order chi connectivity index (χ1) is 12.0. The maximum Gasteiger partial charge on any atom is 0.373 e. The molecule has 1 aromatic carbocycles. The van der Waals surface area contributed by atoms with Gasteiger partial charge in [0, 0.05) is 0 Å². The molecule has 0 N–H and O–H groups in total. The van der Waals surface area contributed by atoms with Gasteiger partial charge in [-0.05, 0) is 42.7 Å². The Morgan fingerprint density at radius 2 is 1.80 bits per heavy atom. The van der Waals surface area contributed by atoms with Gasteiger partial charge < -0.3 is 13.9 Å². The van der Waals surface area contributed by atoms with Gasteiger partial charge in [0.15, 0.2) is 0 Å². The van der Waals surface area contributed by atoms with Crippen LogP contribution in [0.3, 0.4) is 0 Å². The highest BCUT2D eigenvalue weighted by molar-refractivity contribution is 5.86. The van der Waals surface area contributed by atoms with Gasteiger partial charge in [0.2, 0.25) is 5.76 Å². The predicted molar refractivity (Wildman–Crippen MR) is 86.4 cm³/mol. The Bertz CT molecular complexity index is 756. The molecule has 1 aromatic heterocycles. The van der Waals surface area contributed by atoms with E-state index in [1.54, 1.807) is 18.2 Å². The Hall–Kier alpha value is -2.63. The third kappa shape index (κ3) is 3.43. The second kappa shape index (κ2) is 7.09. The average molecular weight is 346 g/mol. The lowest BCUT2D eigenvalue weighted by Gasteiger charge is -2.27. The summed E-state index contributed by atoms with van der Waals surface area (Å²) in [7, 11) is 1.26. The number of esters is 2. The third-order valence-corrected chi connectivity index (χ3v) is 4.64. The van der Waals surface area contributed by atoms with E-state index in [1.165, 1.54) is 25.3 Å². The first-order valence-electron chi connectivity index (χ1n) is 8.15. The van der Waals surface area contributed by atoms with Crippen LogP contribution in [0.15, 0.2) is 40.8 Å². The van der Waals surface area contributed by atoms with E-state index in [-0.39, 0.29) is 24.2 Å². The molecule has 0 radical (unpaired) electrons. The molecule has 6 heteroatoms. The van der Waals surface area contributed by atoms with Crippen LogP contribution in [0.2, 0.25) is 0 Å². The molecule has 1 heterocycles. The van der Waals surface area contributed by atoms with E-state index >= 15 is 0 Å². The number of carbonyl (C=O) groups is 2. The molecule has 0 atom stereocenters. The van der Waals surface area contributed by atoms with Gasteiger partial charge in [0.05, 0.1) is 12.5 Å². The van der Waals surface area contributed by atoms with Crippen LogP contribution in [-0.2, 0) is 26.3 Å². The number of furan rings is 1. The van der Waals surface area contributed by atoms with Gasteiger partial charge in [-0.25, -0.2) is 9.18 Å². The first-order valence-corrected chi connectivity index (χ1v) is 8.15. The van der Waals surface area contributed by atoms with Crippen molar-refractivity contribution in [2.75, 3.05) is 7.11 Å². The summed E-state index contributed by atoms with van der Waals surface area (Å²) in [6, 6.07) is 9.04. The van der Waals surface area contributed by atoms with E-state index in [4.69, 9.17) is 9.15 Å². The smallest absolute Gasteiger partial charge is 0.373 e. The molecule has 1 aliphatic carbocycles. The molecule has 0 saturated heterocycles. The molecule has 1 aliphatic rings. The fraction of sp³-hybridized carbons (Fsp3) is 0.368. The highest BCUT2D eigenvalue weighted by atomic mass is 19.1. The molecule has 0 bridgehead atoms. The highest BCUT2D eigenvalue weighted by Crippen LogP contribution is 2.42. The quantitative estimate of drug-likeness (QED) is 0.771. The Kier molecular flexibility index (Phi) is 4.88. The molecular formula is C19H19FO5. The van der Waals surface area contributed by atoms with Crippen molar-refractivity contribution in [2.45, 2.75) is 37.7 Å². The van der Waals surface area contributed by atoms with Crippen LogP contribution in [0.1, 0.15) is 47.6 Å². The predicted octanol–water partition coefficient (Wildman–Crippen LogP) is 3.76. The minimum atomic E-state index is -0.745. The summed E-state index contributed by atoms with van der Waals surface area (Å²) in [6.45, 7) is -0.0707.